The summed E-state index contributed by atoms with van der Waals surface area (Å²) in [5.74, 6) is -0.234. The molecule has 6 nitrogen and oxygen atoms in total. The lowest BCUT2D eigenvalue weighted by atomic mass is 10.1. The average molecular weight is 350 g/mol. The maximum absolute atomic E-state index is 12.6. The van der Waals surface area contributed by atoms with Crippen molar-refractivity contribution < 1.29 is 9.53 Å². The highest BCUT2D eigenvalue weighted by Crippen LogP contribution is 2.25. The van der Waals surface area contributed by atoms with E-state index < -0.39 is 0 Å². The second kappa shape index (κ2) is 8.92. The zero-order chi connectivity index (χ0) is 18.2. The zero-order valence-electron chi connectivity index (χ0n) is 14.8. The molecule has 0 saturated carbocycles. The van der Waals surface area contributed by atoms with E-state index in [0.29, 0.717) is 31.1 Å². The SMILES string of the molecule is CCOCCCNC(=O)c1nnn(-c2ccccc2)c1-c1ccccc1. The molecule has 3 rings (SSSR count). The fourth-order valence-electron chi connectivity index (χ4n) is 2.64. The number of hydrogen-bond acceptors (Lipinski definition) is 4. The first kappa shape index (κ1) is 17.8. The van der Waals surface area contributed by atoms with Gasteiger partial charge in [0, 0.05) is 25.3 Å². The maximum Gasteiger partial charge on any atom is 0.274 e. The third kappa shape index (κ3) is 4.15. The van der Waals surface area contributed by atoms with Crippen LogP contribution >= 0.6 is 0 Å². The Morgan fingerprint density at radius 2 is 1.77 bits per heavy atom. The molecule has 0 fully saturated rings. The van der Waals surface area contributed by atoms with Crippen LogP contribution < -0.4 is 5.32 Å². The summed E-state index contributed by atoms with van der Waals surface area (Å²) in [4.78, 5) is 12.6. The number of aromatic nitrogens is 3. The first-order valence-electron chi connectivity index (χ1n) is 8.73. The quantitative estimate of drug-likeness (QED) is 0.634. The van der Waals surface area contributed by atoms with Gasteiger partial charge in [0.15, 0.2) is 5.69 Å². The summed E-state index contributed by atoms with van der Waals surface area (Å²) in [5, 5.41) is 11.3. The number of benzene rings is 2. The number of nitrogens with zero attached hydrogens (tertiary/aromatic N) is 3. The van der Waals surface area contributed by atoms with Crippen LogP contribution in [0.15, 0.2) is 60.7 Å². The molecule has 1 amide bonds. The van der Waals surface area contributed by atoms with E-state index >= 15 is 0 Å². The summed E-state index contributed by atoms with van der Waals surface area (Å²) in [6.07, 6.45) is 0.757. The molecule has 0 aliphatic carbocycles. The van der Waals surface area contributed by atoms with Gasteiger partial charge in [-0.05, 0) is 25.5 Å². The van der Waals surface area contributed by atoms with E-state index in [1.807, 2.05) is 67.6 Å². The molecule has 0 aliphatic rings. The van der Waals surface area contributed by atoms with Crippen molar-refractivity contribution in [1.29, 1.82) is 0 Å². The lowest BCUT2D eigenvalue weighted by Gasteiger charge is -2.09. The van der Waals surface area contributed by atoms with Crippen molar-refractivity contribution in [2.75, 3.05) is 19.8 Å². The number of hydrogen-bond donors (Lipinski definition) is 1. The Kier molecular flexibility index (Phi) is 6.11. The van der Waals surface area contributed by atoms with Crippen molar-refractivity contribution >= 4 is 5.91 Å². The van der Waals surface area contributed by atoms with Crippen molar-refractivity contribution in [2.45, 2.75) is 13.3 Å². The van der Waals surface area contributed by atoms with E-state index in [4.69, 9.17) is 4.74 Å². The van der Waals surface area contributed by atoms with Gasteiger partial charge in [-0.1, -0.05) is 53.7 Å². The Morgan fingerprint density at radius 3 is 2.46 bits per heavy atom. The molecule has 0 spiro atoms. The fraction of sp³-hybridized carbons (Fsp3) is 0.250. The fourth-order valence-corrected chi connectivity index (χ4v) is 2.64. The Morgan fingerprint density at radius 1 is 1.08 bits per heavy atom. The monoisotopic (exact) mass is 350 g/mol. The molecule has 134 valence electrons. The van der Waals surface area contributed by atoms with Gasteiger partial charge < -0.3 is 10.1 Å². The van der Waals surface area contributed by atoms with Gasteiger partial charge in [0.05, 0.1) is 5.69 Å². The molecular formula is C20H22N4O2. The van der Waals surface area contributed by atoms with Crippen LogP contribution in [0.2, 0.25) is 0 Å². The standard InChI is InChI=1S/C20H22N4O2/c1-2-26-15-9-14-21-20(25)18-19(16-10-5-3-6-11-16)24(23-22-18)17-12-7-4-8-13-17/h3-8,10-13H,2,9,14-15H2,1H3,(H,21,25). The Hall–Kier alpha value is -2.99. The van der Waals surface area contributed by atoms with Crippen molar-refractivity contribution in [3.05, 3.63) is 66.4 Å². The first-order valence-corrected chi connectivity index (χ1v) is 8.73. The van der Waals surface area contributed by atoms with Gasteiger partial charge in [-0.15, -0.1) is 5.10 Å². The van der Waals surface area contributed by atoms with Gasteiger partial charge in [-0.2, -0.15) is 0 Å². The predicted molar refractivity (Wildman–Crippen MR) is 100 cm³/mol. The summed E-state index contributed by atoms with van der Waals surface area (Å²) in [6, 6.07) is 19.4. The number of para-hydroxylation sites is 1. The predicted octanol–water partition coefficient (Wildman–Crippen LogP) is 3.09. The van der Waals surface area contributed by atoms with Crippen LogP contribution in [0.25, 0.3) is 16.9 Å². The van der Waals surface area contributed by atoms with E-state index in [1.165, 1.54) is 0 Å². The highest BCUT2D eigenvalue weighted by molar-refractivity contribution is 5.98. The van der Waals surface area contributed by atoms with E-state index in [2.05, 4.69) is 15.6 Å². The van der Waals surface area contributed by atoms with Gasteiger partial charge in [0.1, 0.15) is 5.69 Å². The number of ether oxygens (including phenoxy) is 1. The van der Waals surface area contributed by atoms with Gasteiger partial charge >= 0.3 is 0 Å². The van der Waals surface area contributed by atoms with E-state index in [9.17, 15) is 4.79 Å². The van der Waals surface area contributed by atoms with Gasteiger partial charge in [0.25, 0.3) is 5.91 Å². The first-order chi connectivity index (χ1) is 12.8. The molecule has 1 aromatic heterocycles. The molecule has 3 aromatic rings. The van der Waals surface area contributed by atoms with E-state index in [1.54, 1.807) is 4.68 Å². The number of carbonyl (C=O) groups is 1. The lowest BCUT2D eigenvalue weighted by molar-refractivity contribution is 0.0940. The van der Waals surface area contributed by atoms with Crippen molar-refractivity contribution in [3.63, 3.8) is 0 Å². The molecule has 1 N–H and O–H groups in total. The van der Waals surface area contributed by atoms with Crippen LogP contribution in [0.5, 0.6) is 0 Å². The van der Waals surface area contributed by atoms with Gasteiger partial charge in [-0.25, -0.2) is 4.68 Å². The Balaban J connectivity index is 1.88. The average Bonchev–Trinajstić information content (AvgIpc) is 3.14. The number of nitrogens with one attached hydrogen (secondary N) is 1. The molecule has 0 saturated heterocycles. The third-order valence-corrected chi connectivity index (χ3v) is 3.89. The molecular weight excluding hydrogens is 328 g/mol. The van der Waals surface area contributed by atoms with Gasteiger partial charge in [0.2, 0.25) is 0 Å². The summed E-state index contributed by atoms with van der Waals surface area (Å²) in [6.45, 7) is 3.79. The molecule has 26 heavy (non-hydrogen) atoms. The molecule has 0 atom stereocenters. The minimum Gasteiger partial charge on any atom is -0.382 e. The largest absolute Gasteiger partial charge is 0.382 e. The zero-order valence-corrected chi connectivity index (χ0v) is 14.8. The Labute approximate surface area is 152 Å². The molecule has 0 unspecified atom stereocenters. The maximum atomic E-state index is 12.6. The number of amides is 1. The number of carbonyl (C=O) groups excluding carboxylic acids is 1. The van der Waals surface area contributed by atoms with Crippen LogP contribution in [0.4, 0.5) is 0 Å². The summed E-state index contributed by atoms with van der Waals surface area (Å²) in [5.41, 5.74) is 2.74. The summed E-state index contributed by atoms with van der Waals surface area (Å²) >= 11 is 0. The molecule has 6 heteroatoms. The Bertz CT molecular complexity index is 832. The molecule has 2 aromatic carbocycles. The highest BCUT2D eigenvalue weighted by atomic mass is 16.5. The van der Waals surface area contributed by atoms with Crippen LogP contribution in [0.1, 0.15) is 23.8 Å². The van der Waals surface area contributed by atoms with Crippen LogP contribution in [0, 0.1) is 0 Å². The van der Waals surface area contributed by atoms with Crippen LogP contribution in [0.3, 0.4) is 0 Å². The minimum atomic E-state index is -0.234. The summed E-state index contributed by atoms with van der Waals surface area (Å²) in [7, 11) is 0. The van der Waals surface area contributed by atoms with Crippen molar-refractivity contribution in [1.82, 2.24) is 20.3 Å². The molecule has 0 radical (unpaired) electrons. The van der Waals surface area contributed by atoms with Crippen LogP contribution in [-0.2, 0) is 4.74 Å². The second-order valence-corrected chi connectivity index (χ2v) is 5.71. The minimum absolute atomic E-state index is 0.234. The second-order valence-electron chi connectivity index (χ2n) is 5.71. The number of rotatable bonds is 8. The lowest BCUT2D eigenvalue weighted by Crippen LogP contribution is -2.26. The van der Waals surface area contributed by atoms with E-state index in [0.717, 1.165) is 17.7 Å². The normalized spacial score (nSPS) is 10.7. The van der Waals surface area contributed by atoms with Crippen molar-refractivity contribution in [2.24, 2.45) is 0 Å². The molecule has 0 aliphatic heterocycles. The van der Waals surface area contributed by atoms with Crippen molar-refractivity contribution in [3.8, 4) is 16.9 Å². The smallest absolute Gasteiger partial charge is 0.274 e. The highest BCUT2D eigenvalue weighted by Gasteiger charge is 2.21. The van der Waals surface area contributed by atoms with Gasteiger partial charge in [-0.3, -0.25) is 4.79 Å². The summed E-state index contributed by atoms with van der Waals surface area (Å²) < 4.78 is 6.99. The topological polar surface area (TPSA) is 69.0 Å². The molecule has 1 heterocycles. The van der Waals surface area contributed by atoms with Crippen LogP contribution in [-0.4, -0.2) is 40.7 Å². The van der Waals surface area contributed by atoms with E-state index in [-0.39, 0.29) is 5.91 Å². The third-order valence-electron chi connectivity index (χ3n) is 3.89. The molecule has 0 bridgehead atoms.